The fraction of sp³-hybridized carbons (Fsp3) is 0.600. The zero-order valence-corrected chi connectivity index (χ0v) is 12.5. The van der Waals surface area contributed by atoms with E-state index in [1.54, 1.807) is 0 Å². The van der Waals surface area contributed by atoms with Crippen LogP contribution in [0, 0.1) is 0 Å². The van der Waals surface area contributed by atoms with Crippen LogP contribution >= 0.6 is 15.9 Å². The van der Waals surface area contributed by atoms with Crippen molar-refractivity contribution < 1.29 is 5.11 Å². The minimum Gasteiger partial charge on any atom is -0.393 e. The lowest BCUT2D eigenvalue weighted by atomic mass is 9.76. The maximum absolute atomic E-state index is 9.17. The molecule has 0 heterocycles. The van der Waals surface area contributed by atoms with Crippen molar-refractivity contribution in [2.75, 3.05) is 6.54 Å². The van der Waals surface area contributed by atoms with E-state index in [2.05, 4.69) is 45.5 Å². The maximum atomic E-state index is 9.17. The second-order valence-corrected chi connectivity index (χ2v) is 6.28. The number of aliphatic hydroxyl groups excluding tert-OH is 1. The Morgan fingerprint density at radius 1 is 1.33 bits per heavy atom. The van der Waals surface area contributed by atoms with Crippen LogP contribution in [0.25, 0.3) is 0 Å². The molecule has 2 N–H and O–H groups in total. The summed E-state index contributed by atoms with van der Waals surface area (Å²) in [4.78, 5) is 0. The first kappa shape index (κ1) is 14.0. The Bertz CT molecular complexity index is 357. The molecule has 0 radical (unpaired) electrons. The van der Waals surface area contributed by atoms with Gasteiger partial charge in [0, 0.05) is 10.5 Å². The number of rotatable bonds is 6. The highest BCUT2D eigenvalue weighted by Crippen LogP contribution is 2.37. The summed E-state index contributed by atoms with van der Waals surface area (Å²) in [5.74, 6) is 0.729. The minimum absolute atomic E-state index is 0.163. The number of aliphatic hydroxyl groups is 1. The molecule has 0 spiro atoms. The average Bonchev–Trinajstić information content (AvgIpc) is 2.28. The van der Waals surface area contributed by atoms with E-state index in [1.165, 1.54) is 18.4 Å². The molecule has 1 fully saturated rings. The van der Waals surface area contributed by atoms with Crippen molar-refractivity contribution in [3.63, 3.8) is 0 Å². The predicted octanol–water partition coefficient (Wildman–Crippen LogP) is 3.45. The van der Waals surface area contributed by atoms with E-state index in [0.29, 0.717) is 6.04 Å². The van der Waals surface area contributed by atoms with Gasteiger partial charge in [0.05, 0.1) is 6.10 Å². The van der Waals surface area contributed by atoms with Crippen molar-refractivity contribution in [2.45, 2.75) is 50.7 Å². The SMILES string of the molecule is CC(O)CCCNC1CC(c2ccc(Br)cc2)C1. The Kier molecular flexibility index (Phi) is 5.22. The van der Waals surface area contributed by atoms with Gasteiger partial charge in [-0.1, -0.05) is 28.1 Å². The zero-order chi connectivity index (χ0) is 13.0. The molecule has 1 aliphatic rings. The number of hydrogen-bond donors (Lipinski definition) is 2. The second kappa shape index (κ2) is 6.69. The summed E-state index contributed by atoms with van der Waals surface area (Å²) >= 11 is 3.47. The topological polar surface area (TPSA) is 32.3 Å². The van der Waals surface area contributed by atoms with Gasteiger partial charge < -0.3 is 10.4 Å². The summed E-state index contributed by atoms with van der Waals surface area (Å²) in [5.41, 5.74) is 1.46. The highest BCUT2D eigenvalue weighted by molar-refractivity contribution is 9.10. The van der Waals surface area contributed by atoms with E-state index < -0.39 is 0 Å². The molecule has 18 heavy (non-hydrogen) atoms. The summed E-state index contributed by atoms with van der Waals surface area (Å²) in [7, 11) is 0. The molecule has 0 amide bonds. The quantitative estimate of drug-likeness (QED) is 0.789. The summed E-state index contributed by atoms with van der Waals surface area (Å²) < 4.78 is 1.15. The van der Waals surface area contributed by atoms with Gasteiger partial charge in [-0.05, 0) is 62.8 Å². The van der Waals surface area contributed by atoms with E-state index in [9.17, 15) is 5.11 Å². The lowest BCUT2D eigenvalue weighted by Gasteiger charge is -2.36. The third-order valence-electron chi connectivity index (χ3n) is 3.71. The van der Waals surface area contributed by atoms with E-state index in [1.807, 2.05) is 6.92 Å². The molecule has 0 bridgehead atoms. The molecular weight excluding hydrogens is 290 g/mol. The van der Waals surface area contributed by atoms with Gasteiger partial charge in [0.2, 0.25) is 0 Å². The smallest absolute Gasteiger partial charge is 0.0512 e. The van der Waals surface area contributed by atoms with E-state index in [-0.39, 0.29) is 6.10 Å². The van der Waals surface area contributed by atoms with E-state index >= 15 is 0 Å². The molecule has 0 aromatic heterocycles. The van der Waals surface area contributed by atoms with Gasteiger partial charge in [0.25, 0.3) is 0 Å². The lowest BCUT2D eigenvalue weighted by molar-refractivity contribution is 0.179. The second-order valence-electron chi connectivity index (χ2n) is 5.36. The molecule has 1 unspecified atom stereocenters. The van der Waals surface area contributed by atoms with E-state index in [4.69, 9.17) is 0 Å². The summed E-state index contributed by atoms with van der Waals surface area (Å²) in [6.45, 7) is 2.88. The first-order chi connectivity index (χ1) is 8.65. The molecule has 0 saturated heterocycles. The van der Waals surface area contributed by atoms with Crippen LogP contribution in [0.4, 0.5) is 0 Å². The van der Waals surface area contributed by atoms with Crippen LogP contribution in [0.3, 0.4) is 0 Å². The summed E-state index contributed by atoms with van der Waals surface area (Å²) in [6.07, 6.45) is 4.29. The van der Waals surface area contributed by atoms with Crippen molar-refractivity contribution in [1.29, 1.82) is 0 Å². The molecule has 1 aromatic rings. The molecule has 0 aliphatic heterocycles. The summed E-state index contributed by atoms with van der Waals surface area (Å²) in [6, 6.07) is 9.36. The van der Waals surface area contributed by atoms with E-state index in [0.717, 1.165) is 29.8 Å². The van der Waals surface area contributed by atoms with Crippen molar-refractivity contribution in [3.8, 4) is 0 Å². The van der Waals surface area contributed by atoms with Gasteiger partial charge in [-0.25, -0.2) is 0 Å². The van der Waals surface area contributed by atoms with Gasteiger partial charge in [0.1, 0.15) is 0 Å². The van der Waals surface area contributed by atoms with Crippen LogP contribution in [0.5, 0.6) is 0 Å². The van der Waals surface area contributed by atoms with Crippen LogP contribution in [-0.2, 0) is 0 Å². The molecule has 1 aromatic carbocycles. The average molecular weight is 312 g/mol. The van der Waals surface area contributed by atoms with Gasteiger partial charge in [0.15, 0.2) is 0 Å². The molecule has 1 aliphatic carbocycles. The Labute approximate surface area is 118 Å². The largest absolute Gasteiger partial charge is 0.393 e. The van der Waals surface area contributed by atoms with Gasteiger partial charge in [-0.15, -0.1) is 0 Å². The Morgan fingerprint density at radius 2 is 2.00 bits per heavy atom. The lowest BCUT2D eigenvalue weighted by Crippen LogP contribution is -2.40. The third-order valence-corrected chi connectivity index (χ3v) is 4.24. The maximum Gasteiger partial charge on any atom is 0.0512 e. The van der Waals surface area contributed by atoms with Crippen LogP contribution < -0.4 is 5.32 Å². The van der Waals surface area contributed by atoms with Crippen molar-refractivity contribution in [3.05, 3.63) is 34.3 Å². The molecular formula is C15H22BrNO. The van der Waals surface area contributed by atoms with Gasteiger partial charge in [-0.2, -0.15) is 0 Å². The van der Waals surface area contributed by atoms with Crippen molar-refractivity contribution in [1.82, 2.24) is 5.32 Å². The Morgan fingerprint density at radius 3 is 2.61 bits per heavy atom. The van der Waals surface area contributed by atoms with Crippen LogP contribution in [-0.4, -0.2) is 23.8 Å². The molecule has 2 nitrogen and oxygen atoms in total. The predicted molar refractivity (Wildman–Crippen MR) is 78.8 cm³/mol. The van der Waals surface area contributed by atoms with Crippen LogP contribution in [0.15, 0.2) is 28.7 Å². The number of nitrogens with one attached hydrogen (secondary N) is 1. The molecule has 100 valence electrons. The molecule has 3 heteroatoms. The third kappa shape index (κ3) is 4.08. The standard InChI is InChI=1S/C15H22BrNO/c1-11(18)3-2-8-17-15-9-13(10-15)12-4-6-14(16)7-5-12/h4-7,11,13,15,17-18H,2-3,8-10H2,1H3. The first-order valence-corrected chi connectivity index (χ1v) is 7.61. The number of benzene rings is 1. The van der Waals surface area contributed by atoms with Crippen LogP contribution in [0.1, 0.15) is 44.1 Å². The van der Waals surface area contributed by atoms with Crippen molar-refractivity contribution >= 4 is 15.9 Å². The molecule has 1 atom stereocenters. The molecule has 2 rings (SSSR count). The highest BCUT2D eigenvalue weighted by Gasteiger charge is 2.29. The number of halogens is 1. The molecule has 1 saturated carbocycles. The normalized spacial score (nSPS) is 24.6. The Hall–Kier alpha value is -0.380. The Balaban J connectivity index is 1.63. The van der Waals surface area contributed by atoms with Gasteiger partial charge in [-0.3, -0.25) is 0 Å². The summed E-state index contributed by atoms with van der Waals surface area (Å²) in [5, 5.41) is 12.7. The fourth-order valence-electron chi connectivity index (χ4n) is 2.50. The van der Waals surface area contributed by atoms with Crippen molar-refractivity contribution in [2.24, 2.45) is 0 Å². The highest BCUT2D eigenvalue weighted by atomic mass is 79.9. The zero-order valence-electron chi connectivity index (χ0n) is 10.9. The monoisotopic (exact) mass is 311 g/mol. The fourth-order valence-corrected chi connectivity index (χ4v) is 2.76. The number of hydrogen-bond acceptors (Lipinski definition) is 2. The first-order valence-electron chi connectivity index (χ1n) is 6.82. The van der Waals surface area contributed by atoms with Gasteiger partial charge >= 0.3 is 0 Å². The van der Waals surface area contributed by atoms with Crippen LogP contribution in [0.2, 0.25) is 0 Å². The minimum atomic E-state index is -0.163.